The van der Waals surface area contributed by atoms with Crippen molar-refractivity contribution in [2.45, 2.75) is 185 Å². The summed E-state index contributed by atoms with van der Waals surface area (Å²) in [5, 5.41) is 39.4. The molecule has 4 fully saturated rings. The predicted octanol–water partition coefficient (Wildman–Crippen LogP) is 4.99. The standard InChI is InChI=1S/C48H73N3O13/c1-14-35-48(10,56)39(52)29(6)42(54)49-25(2)23-47(9,58-13)41(27(4)37(28(5)43(55)61-35)62-36-24-46(8,57-12)40(53)30(7)60-36)64-44-38-34(22-26(3)59-44)51(11)45(63-38)50-33-21-17-19-31-18-15-16-20-32(31)33/h15-21,25-30,34-41,44,52-53,56H,14,22-24H2,1-13H3,(H,49,54)/t25-,26-,27+,28-,29-,30+,34+,35-,36+,37+,38-,39-,40+,41-,44+,46-,47-,48-/m1/s1. The van der Waals surface area contributed by atoms with Gasteiger partial charge < -0.3 is 63.4 Å². The van der Waals surface area contributed by atoms with E-state index >= 15 is 0 Å². The molecule has 358 valence electrons. The van der Waals surface area contributed by atoms with Crippen LogP contribution in [-0.2, 0) is 47.5 Å². The lowest BCUT2D eigenvalue weighted by atomic mass is 9.78. The summed E-state index contributed by atoms with van der Waals surface area (Å²) in [6.45, 7) is 17.4. The fraction of sp³-hybridized carbons (Fsp3) is 0.729. The van der Waals surface area contributed by atoms with Gasteiger partial charge in [-0.3, -0.25) is 9.59 Å². The summed E-state index contributed by atoms with van der Waals surface area (Å²) in [6, 6.07) is 13.7. The number of cyclic esters (lactones) is 1. The second-order valence-corrected chi connectivity index (χ2v) is 19.4. The zero-order valence-corrected chi connectivity index (χ0v) is 39.8. The minimum Gasteiger partial charge on any atom is -0.459 e. The Balaban J connectivity index is 1.43. The number of hydrogen-bond acceptors (Lipinski definition) is 14. The Bertz CT molecular complexity index is 1960. The Hall–Kier alpha value is -3.45. The number of fused-ring (bicyclic) bond motifs is 2. The molecule has 0 saturated carbocycles. The van der Waals surface area contributed by atoms with E-state index in [0.29, 0.717) is 12.4 Å². The fourth-order valence-electron chi connectivity index (χ4n) is 10.3. The van der Waals surface area contributed by atoms with Crippen LogP contribution in [0, 0.1) is 17.8 Å². The second kappa shape index (κ2) is 19.8. The first-order valence-corrected chi connectivity index (χ1v) is 22.9. The predicted molar refractivity (Wildman–Crippen MR) is 238 cm³/mol. The highest BCUT2D eigenvalue weighted by molar-refractivity contribution is 5.95. The van der Waals surface area contributed by atoms with Gasteiger partial charge in [0.15, 0.2) is 18.7 Å². The number of carbonyl (C=O) groups excluding carboxylic acids is 2. The zero-order valence-electron chi connectivity index (χ0n) is 39.8. The van der Waals surface area contributed by atoms with Gasteiger partial charge in [0.1, 0.15) is 17.8 Å². The van der Waals surface area contributed by atoms with Crippen molar-refractivity contribution in [3.05, 3.63) is 42.5 Å². The molecule has 2 aromatic rings. The first kappa shape index (κ1) is 50.0. The molecule has 0 aliphatic carbocycles. The smallest absolute Gasteiger partial charge is 0.311 e. The van der Waals surface area contributed by atoms with Crippen LogP contribution in [0.4, 0.5) is 5.69 Å². The average molecular weight is 900 g/mol. The number of amides is 1. The van der Waals surface area contributed by atoms with Crippen molar-refractivity contribution in [3.63, 3.8) is 0 Å². The highest BCUT2D eigenvalue weighted by atomic mass is 16.7. The average Bonchev–Trinajstić information content (AvgIpc) is 3.57. The Morgan fingerprint density at radius 2 is 1.53 bits per heavy atom. The molecule has 16 nitrogen and oxygen atoms in total. The van der Waals surface area contributed by atoms with E-state index in [-0.39, 0.29) is 31.4 Å². The van der Waals surface area contributed by atoms with Gasteiger partial charge in [0.2, 0.25) is 5.91 Å². The number of esters is 1. The van der Waals surface area contributed by atoms with Crippen molar-refractivity contribution in [1.29, 1.82) is 0 Å². The van der Waals surface area contributed by atoms with Crippen LogP contribution in [0.2, 0.25) is 0 Å². The maximum absolute atomic E-state index is 14.5. The Labute approximate surface area is 378 Å². The third-order valence-electron chi connectivity index (χ3n) is 14.5. The van der Waals surface area contributed by atoms with E-state index < -0.39 is 108 Å². The molecule has 4 aliphatic rings. The summed E-state index contributed by atoms with van der Waals surface area (Å²) in [6.07, 6.45) is -8.15. The molecule has 4 aliphatic heterocycles. The number of aliphatic imine (C=N–C) groups is 1. The van der Waals surface area contributed by atoms with Gasteiger partial charge in [-0.15, -0.1) is 0 Å². The lowest BCUT2D eigenvalue weighted by molar-refractivity contribution is -0.314. The first-order chi connectivity index (χ1) is 30.1. The van der Waals surface area contributed by atoms with Gasteiger partial charge in [0.25, 0.3) is 6.02 Å². The summed E-state index contributed by atoms with van der Waals surface area (Å²) >= 11 is 0. The Morgan fingerprint density at radius 1 is 0.859 bits per heavy atom. The van der Waals surface area contributed by atoms with Crippen LogP contribution in [-0.4, -0.2) is 150 Å². The third-order valence-corrected chi connectivity index (χ3v) is 14.5. The van der Waals surface area contributed by atoms with Crippen LogP contribution >= 0.6 is 0 Å². The van der Waals surface area contributed by atoms with Crippen LogP contribution in [0.3, 0.4) is 0 Å². The van der Waals surface area contributed by atoms with E-state index in [1.165, 1.54) is 21.0 Å². The molecule has 18 atom stereocenters. The minimum absolute atomic E-state index is 0.124. The molecular weight excluding hydrogens is 827 g/mol. The van der Waals surface area contributed by atoms with E-state index in [9.17, 15) is 24.9 Å². The Kier molecular flexibility index (Phi) is 15.5. The second-order valence-electron chi connectivity index (χ2n) is 19.4. The molecule has 4 N–H and O–H groups in total. The molecule has 16 heteroatoms. The quantitative estimate of drug-likeness (QED) is 0.259. The molecule has 4 saturated heterocycles. The van der Waals surface area contributed by atoms with Gasteiger partial charge in [0.05, 0.1) is 65.3 Å². The van der Waals surface area contributed by atoms with Crippen molar-refractivity contribution < 1.29 is 62.8 Å². The van der Waals surface area contributed by atoms with Gasteiger partial charge >= 0.3 is 5.97 Å². The molecule has 0 bridgehead atoms. The Morgan fingerprint density at radius 3 is 2.20 bits per heavy atom. The summed E-state index contributed by atoms with van der Waals surface area (Å²) in [7, 11) is 5.03. The summed E-state index contributed by atoms with van der Waals surface area (Å²) in [5.74, 6) is -4.06. The number of amidine groups is 1. The van der Waals surface area contributed by atoms with Gasteiger partial charge in [-0.1, -0.05) is 57.2 Å². The number of methoxy groups -OCH3 is 2. The maximum Gasteiger partial charge on any atom is 0.311 e. The number of aliphatic hydroxyl groups is 3. The molecule has 2 aromatic carbocycles. The number of hydrogen-bond donors (Lipinski definition) is 4. The van der Waals surface area contributed by atoms with E-state index in [0.717, 1.165) is 16.5 Å². The third kappa shape index (κ3) is 9.96. The molecule has 0 spiro atoms. The van der Waals surface area contributed by atoms with Crippen molar-refractivity contribution in [1.82, 2.24) is 10.2 Å². The molecule has 1 amide bonds. The van der Waals surface area contributed by atoms with E-state index in [1.54, 1.807) is 34.8 Å². The van der Waals surface area contributed by atoms with Gasteiger partial charge in [-0.2, -0.15) is 4.99 Å². The minimum atomic E-state index is -2.01. The lowest BCUT2D eigenvalue weighted by Gasteiger charge is -2.49. The molecule has 0 aromatic heterocycles. The maximum atomic E-state index is 14.5. The number of rotatable bonds is 8. The van der Waals surface area contributed by atoms with E-state index in [2.05, 4.69) is 5.32 Å². The van der Waals surface area contributed by atoms with E-state index in [1.807, 2.05) is 82.1 Å². The topological polar surface area (TPSA) is 196 Å². The SMILES string of the molecule is CC[C@H]1OC(=O)[C@H](C)[C@@H](O[C@H]2C[C@@](C)(OC)[C@@H](O)[C@H](C)O2)[C@H](C)[C@@H](O[C@@H]2O[C@H](C)C[C@H]3[C@H]2OC(=Nc2cccc4ccccc24)N3C)[C@](C)(OC)C[C@@H](C)NC(=O)[C@H](C)[C@@H](O)[C@]1(C)O. The molecule has 64 heavy (non-hydrogen) atoms. The zero-order chi connectivity index (χ0) is 47.1. The van der Waals surface area contributed by atoms with Crippen molar-refractivity contribution in [2.24, 2.45) is 22.7 Å². The van der Waals surface area contributed by atoms with Crippen LogP contribution in [0.25, 0.3) is 10.8 Å². The van der Waals surface area contributed by atoms with Gasteiger partial charge in [0, 0.05) is 45.0 Å². The normalized spacial score (nSPS) is 43.5. The lowest BCUT2D eigenvalue weighted by Crippen LogP contribution is -2.60. The summed E-state index contributed by atoms with van der Waals surface area (Å²) in [5.41, 5.74) is -3.50. The molecule has 0 unspecified atom stereocenters. The van der Waals surface area contributed by atoms with Crippen molar-refractivity contribution >= 4 is 34.4 Å². The molecular formula is C48H73N3O13. The summed E-state index contributed by atoms with van der Waals surface area (Å²) < 4.78 is 52.1. The molecule has 4 heterocycles. The number of nitrogens with zero attached hydrogens (tertiary/aromatic N) is 2. The molecule has 6 rings (SSSR count). The first-order valence-electron chi connectivity index (χ1n) is 22.9. The number of ether oxygens (including phenoxy) is 8. The van der Waals surface area contributed by atoms with E-state index in [4.69, 9.17) is 42.9 Å². The van der Waals surface area contributed by atoms with Crippen LogP contribution in [0.5, 0.6) is 0 Å². The number of aliphatic hydroxyl groups excluding tert-OH is 2. The number of benzene rings is 2. The largest absolute Gasteiger partial charge is 0.459 e. The van der Waals surface area contributed by atoms with Gasteiger partial charge in [-0.25, -0.2) is 0 Å². The number of likely N-dealkylation sites (N-methyl/N-ethyl adjacent to an activating group) is 1. The highest BCUT2D eigenvalue weighted by Gasteiger charge is 2.55. The summed E-state index contributed by atoms with van der Waals surface area (Å²) in [4.78, 5) is 35.4. The molecule has 0 radical (unpaired) electrons. The van der Waals surface area contributed by atoms with Crippen LogP contribution in [0.1, 0.15) is 94.9 Å². The number of nitrogens with one attached hydrogen (secondary N) is 1. The van der Waals surface area contributed by atoms with Crippen LogP contribution in [0.15, 0.2) is 47.5 Å². The van der Waals surface area contributed by atoms with Gasteiger partial charge in [-0.05, 0) is 79.2 Å². The van der Waals surface area contributed by atoms with Crippen LogP contribution < -0.4 is 5.32 Å². The van der Waals surface area contributed by atoms with Crippen molar-refractivity contribution in [3.8, 4) is 0 Å². The van der Waals surface area contributed by atoms with Crippen molar-refractivity contribution in [2.75, 3.05) is 21.3 Å². The monoisotopic (exact) mass is 900 g/mol. The highest BCUT2D eigenvalue weighted by Crippen LogP contribution is 2.42. The number of carbonyl (C=O) groups is 2. The fourth-order valence-corrected chi connectivity index (χ4v) is 10.3.